The second-order valence-electron chi connectivity index (χ2n) is 3.26. The summed E-state index contributed by atoms with van der Waals surface area (Å²) in [6.07, 6.45) is 1.29. The fourth-order valence-corrected chi connectivity index (χ4v) is 2.99. The second-order valence-corrected chi connectivity index (χ2v) is 6.29. The number of ether oxygens (including phenoxy) is 1. The molecule has 6 nitrogen and oxygen atoms in total. The Balaban J connectivity index is 2.63. The number of nitrogens with one attached hydrogen (secondary N) is 2. The summed E-state index contributed by atoms with van der Waals surface area (Å²) in [6.45, 7) is 2.36. The van der Waals surface area contributed by atoms with Gasteiger partial charge in [0.05, 0.1) is 23.3 Å². The standard InChI is InChI=1S/C8H14BrN3O3S/c1-6-8(4-10-12-6)16(13,14)11-3-7(9)5-15-2/h4,7,11H,3,5H2,1-2H3,(H,10,12). The maximum Gasteiger partial charge on any atom is 0.243 e. The maximum atomic E-state index is 11.8. The van der Waals surface area contributed by atoms with Crippen LogP contribution in [0.5, 0.6) is 0 Å². The molecule has 0 radical (unpaired) electrons. The second kappa shape index (κ2) is 5.76. The molecule has 0 bridgehead atoms. The quantitative estimate of drug-likeness (QED) is 0.745. The van der Waals surface area contributed by atoms with Crippen molar-refractivity contribution in [3.63, 3.8) is 0 Å². The molecule has 0 amide bonds. The number of aromatic amines is 1. The summed E-state index contributed by atoms with van der Waals surface area (Å²) in [5.41, 5.74) is 0.519. The molecule has 0 aromatic carbocycles. The van der Waals surface area contributed by atoms with Crippen molar-refractivity contribution in [3.05, 3.63) is 11.9 Å². The highest BCUT2D eigenvalue weighted by atomic mass is 79.9. The average molecular weight is 312 g/mol. The average Bonchev–Trinajstić information content (AvgIpc) is 2.63. The third-order valence-corrected chi connectivity index (χ3v) is 4.04. The molecule has 0 saturated heterocycles. The fourth-order valence-electron chi connectivity index (χ4n) is 1.13. The molecule has 0 spiro atoms. The Morgan fingerprint density at radius 1 is 1.69 bits per heavy atom. The van der Waals surface area contributed by atoms with Gasteiger partial charge in [0.15, 0.2) is 0 Å². The molecule has 1 atom stereocenters. The Hall–Kier alpha value is -0.440. The number of alkyl halides is 1. The molecule has 8 heteroatoms. The number of hydrogen-bond donors (Lipinski definition) is 2. The van der Waals surface area contributed by atoms with Crippen LogP contribution < -0.4 is 4.72 Å². The highest BCUT2D eigenvalue weighted by Crippen LogP contribution is 2.11. The number of sulfonamides is 1. The van der Waals surface area contributed by atoms with E-state index in [-0.39, 0.29) is 16.3 Å². The summed E-state index contributed by atoms with van der Waals surface area (Å²) >= 11 is 3.30. The summed E-state index contributed by atoms with van der Waals surface area (Å²) in [6, 6.07) is 0. The van der Waals surface area contributed by atoms with Crippen molar-refractivity contribution in [3.8, 4) is 0 Å². The SMILES string of the molecule is COCC(Br)CNS(=O)(=O)c1cn[nH]c1C. The number of halogens is 1. The molecule has 92 valence electrons. The molecule has 1 aromatic heterocycles. The third kappa shape index (κ3) is 3.55. The molecule has 0 aliphatic carbocycles. The zero-order valence-electron chi connectivity index (χ0n) is 9.03. The van der Waals surface area contributed by atoms with Crippen molar-refractivity contribution < 1.29 is 13.2 Å². The number of rotatable bonds is 6. The summed E-state index contributed by atoms with van der Waals surface area (Å²) in [7, 11) is -1.93. The van der Waals surface area contributed by atoms with Crippen LogP contribution in [0.2, 0.25) is 0 Å². The van der Waals surface area contributed by atoms with Gasteiger partial charge in [-0.2, -0.15) is 5.10 Å². The van der Waals surface area contributed by atoms with E-state index in [0.29, 0.717) is 12.3 Å². The van der Waals surface area contributed by atoms with Gasteiger partial charge < -0.3 is 4.74 Å². The van der Waals surface area contributed by atoms with Gasteiger partial charge in [0.25, 0.3) is 0 Å². The van der Waals surface area contributed by atoms with Crippen LogP contribution >= 0.6 is 15.9 Å². The van der Waals surface area contributed by atoms with Gasteiger partial charge in [-0.1, -0.05) is 15.9 Å². The summed E-state index contributed by atoms with van der Waals surface area (Å²) in [5, 5.41) is 6.25. The van der Waals surface area contributed by atoms with Crippen LogP contribution in [0.15, 0.2) is 11.1 Å². The fraction of sp³-hybridized carbons (Fsp3) is 0.625. The number of aryl methyl sites for hydroxylation is 1. The number of H-pyrrole nitrogens is 1. The summed E-state index contributed by atoms with van der Waals surface area (Å²) in [5.74, 6) is 0. The zero-order chi connectivity index (χ0) is 12.2. The summed E-state index contributed by atoms with van der Waals surface area (Å²) in [4.78, 5) is 0.115. The van der Waals surface area contributed by atoms with Crippen molar-refractivity contribution in [1.82, 2.24) is 14.9 Å². The van der Waals surface area contributed by atoms with Gasteiger partial charge in [-0.05, 0) is 6.92 Å². The molecule has 0 fully saturated rings. The van der Waals surface area contributed by atoms with Crippen molar-refractivity contribution >= 4 is 26.0 Å². The molecule has 1 rings (SSSR count). The van der Waals surface area contributed by atoms with E-state index < -0.39 is 10.0 Å². The van der Waals surface area contributed by atoms with Crippen LogP contribution in [-0.4, -0.2) is 43.7 Å². The lowest BCUT2D eigenvalue weighted by Crippen LogP contribution is -2.31. The molecular weight excluding hydrogens is 298 g/mol. The van der Waals surface area contributed by atoms with E-state index in [1.54, 1.807) is 14.0 Å². The van der Waals surface area contributed by atoms with Crippen LogP contribution in [0.25, 0.3) is 0 Å². The first-order chi connectivity index (χ1) is 7.47. The minimum atomic E-state index is -3.49. The molecule has 0 aliphatic rings. The number of hydrogen-bond acceptors (Lipinski definition) is 4. The highest BCUT2D eigenvalue weighted by molar-refractivity contribution is 9.09. The lowest BCUT2D eigenvalue weighted by Gasteiger charge is -2.10. The highest BCUT2D eigenvalue weighted by Gasteiger charge is 2.19. The predicted molar refractivity (Wildman–Crippen MR) is 63.1 cm³/mol. The number of nitrogens with zero attached hydrogens (tertiary/aromatic N) is 1. The Morgan fingerprint density at radius 3 is 2.88 bits per heavy atom. The Kier molecular flexibility index (Phi) is 4.90. The van der Waals surface area contributed by atoms with E-state index in [1.165, 1.54) is 6.20 Å². The third-order valence-electron chi connectivity index (χ3n) is 1.92. The van der Waals surface area contributed by atoms with Crippen molar-refractivity contribution in [2.45, 2.75) is 16.6 Å². The number of aromatic nitrogens is 2. The topological polar surface area (TPSA) is 84.1 Å². The van der Waals surface area contributed by atoms with E-state index >= 15 is 0 Å². The summed E-state index contributed by atoms with van der Waals surface area (Å²) < 4.78 is 30.9. The minimum absolute atomic E-state index is 0.0560. The molecule has 2 N–H and O–H groups in total. The van der Waals surface area contributed by atoms with E-state index in [0.717, 1.165) is 0 Å². The van der Waals surface area contributed by atoms with Crippen LogP contribution in [0.4, 0.5) is 0 Å². The zero-order valence-corrected chi connectivity index (χ0v) is 11.4. The van der Waals surface area contributed by atoms with Gasteiger partial charge in [0.2, 0.25) is 10.0 Å². The first kappa shape index (κ1) is 13.6. The van der Waals surface area contributed by atoms with Gasteiger partial charge in [0.1, 0.15) is 4.90 Å². The van der Waals surface area contributed by atoms with E-state index in [2.05, 4.69) is 30.8 Å². The van der Waals surface area contributed by atoms with Gasteiger partial charge >= 0.3 is 0 Å². The molecule has 1 aromatic rings. The van der Waals surface area contributed by atoms with Gasteiger partial charge in [-0.25, -0.2) is 13.1 Å². The van der Waals surface area contributed by atoms with Gasteiger partial charge in [-0.15, -0.1) is 0 Å². The Bertz CT molecular complexity index is 431. The first-order valence-corrected chi connectivity index (χ1v) is 7.00. The molecule has 16 heavy (non-hydrogen) atoms. The molecule has 0 aliphatic heterocycles. The largest absolute Gasteiger partial charge is 0.383 e. The molecule has 0 saturated carbocycles. The van der Waals surface area contributed by atoms with Gasteiger partial charge in [0, 0.05) is 13.7 Å². The van der Waals surface area contributed by atoms with Crippen molar-refractivity contribution in [1.29, 1.82) is 0 Å². The molecule has 1 heterocycles. The van der Waals surface area contributed by atoms with E-state index in [1.807, 2.05) is 0 Å². The van der Waals surface area contributed by atoms with E-state index in [9.17, 15) is 8.42 Å². The van der Waals surface area contributed by atoms with Crippen LogP contribution in [-0.2, 0) is 14.8 Å². The molecule has 1 unspecified atom stereocenters. The van der Waals surface area contributed by atoms with Gasteiger partial charge in [-0.3, -0.25) is 5.10 Å². The maximum absolute atomic E-state index is 11.8. The first-order valence-electron chi connectivity index (χ1n) is 4.60. The van der Waals surface area contributed by atoms with E-state index in [4.69, 9.17) is 4.74 Å². The monoisotopic (exact) mass is 311 g/mol. The number of methoxy groups -OCH3 is 1. The van der Waals surface area contributed by atoms with Crippen LogP contribution in [0.1, 0.15) is 5.69 Å². The predicted octanol–water partition coefficient (Wildman–Crippen LogP) is 0.406. The Labute approximate surface area is 103 Å². The van der Waals surface area contributed by atoms with Crippen molar-refractivity contribution in [2.75, 3.05) is 20.3 Å². The minimum Gasteiger partial charge on any atom is -0.383 e. The normalized spacial score (nSPS) is 13.9. The Morgan fingerprint density at radius 2 is 2.38 bits per heavy atom. The smallest absolute Gasteiger partial charge is 0.243 e. The van der Waals surface area contributed by atoms with Crippen molar-refractivity contribution in [2.24, 2.45) is 0 Å². The molecular formula is C8H14BrN3O3S. The van der Waals surface area contributed by atoms with Crippen LogP contribution in [0, 0.1) is 6.92 Å². The van der Waals surface area contributed by atoms with Crippen LogP contribution in [0.3, 0.4) is 0 Å². The lowest BCUT2D eigenvalue weighted by molar-refractivity contribution is 0.201. The lowest BCUT2D eigenvalue weighted by atomic mass is 10.5.